The monoisotopic (exact) mass is 322 g/mol. The van der Waals surface area contributed by atoms with Gasteiger partial charge in [0.2, 0.25) is 0 Å². The van der Waals surface area contributed by atoms with Gasteiger partial charge < -0.3 is 5.73 Å². The van der Waals surface area contributed by atoms with E-state index in [0.717, 1.165) is 0 Å². The predicted molar refractivity (Wildman–Crippen MR) is 82.4 cm³/mol. The molecule has 2 heterocycles. The number of hydrogen-bond acceptors (Lipinski definition) is 4. The first-order chi connectivity index (χ1) is 10.1. The third-order valence-electron chi connectivity index (χ3n) is 2.96. The fraction of sp³-hybridized carbons (Fsp3) is 0.0714. The van der Waals surface area contributed by atoms with E-state index in [1.807, 2.05) is 0 Å². The van der Waals surface area contributed by atoms with E-state index in [1.165, 1.54) is 18.3 Å². The lowest BCUT2D eigenvalue weighted by Gasteiger charge is -2.11. The lowest BCUT2D eigenvalue weighted by atomic mass is 10.0. The molecule has 1 aliphatic heterocycles. The normalized spacial score (nSPS) is 14.0. The molecule has 0 unspecified atom stereocenters. The van der Waals surface area contributed by atoms with Gasteiger partial charge in [-0.2, -0.15) is 0 Å². The molecule has 4 nitrogen and oxygen atoms in total. The van der Waals surface area contributed by atoms with Crippen LogP contribution in [0, 0.1) is 5.82 Å². The zero-order valence-corrected chi connectivity index (χ0v) is 12.2. The van der Waals surface area contributed by atoms with Crippen molar-refractivity contribution in [2.45, 2.75) is 0 Å². The Bertz CT molecular complexity index is 787. The average molecular weight is 323 g/mol. The minimum Gasteiger partial charge on any atom is -0.386 e. The first kappa shape index (κ1) is 14.0. The molecule has 0 atom stereocenters. The molecule has 1 aliphatic rings. The van der Waals surface area contributed by atoms with Crippen molar-refractivity contribution < 1.29 is 4.39 Å². The average Bonchev–Trinajstić information content (AvgIpc) is 2.63. The van der Waals surface area contributed by atoms with E-state index in [-0.39, 0.29) is 17.3 Å². The molecule has 2 N–H and O–H groups in total. The molecule has 0 aliphatic carbocycles. The largest absolute Gasteiger partial charge is 0.386 e. The van der Waals surface area contributed by atoms with Crippen LogP contribution in [0.4, 0.5) is 10.1 Å². The molecule has 7 heteroatoms. The predicted octanol–water partition coefficient (Wildman–Crippen LogP) is 3.37. The van der Waals surface area contributed by atoms with E-state index in [0.29, 0.717) is 27.8 Å². The Kier molecular flexibility index (Phi) is 3.61. The summed E-state index contributed by atoms with van der Waals surface area (Å²) >= 11 is 12.3. The van der Waals surface area contributed by atoms with Crippen molar-refractivity contribution >= 4 is 40.4 Å². The van der Waals surface area contributed by atoms with Crippen molar-refractivity contribution in [3.8, 4) is 0 Å². The zero-order valence-electron chi connectivity index (χ0n) is 10.6. The molecule has 21 heavy (non-hydrogen) atoms. The molecule has 106 valence electrons. The molecule has 1 aromatic heterocycles. The summed E-state index contributed by atoms with van der Waals surface area (Å²) in [5.74, 6) is -0.195. The Morgan fingerprint density at radius 2 is 2.00 bits per heavy atom. The van der Waals surface area contributed by atoms with Gasteiger partial charge in [-0.25, -0.2) is 9.38 Å². The van der Waals surface area contributed by atoms with Crippen LogP contribution in [0.25, 0.3) is 0 Å². The second kappa shape index (κ2) is 5.42. The molecule has 0 saturated carbocycles. The van der Waals surface area contributed by atoms with Crippen molar-refractivity contribution in [2.24, 2.45) is 15.7 Å². The van der Waals surface area contributed by atoms with Gasteiger partial charge in [-0.1, -0.05) is 23.2 Å². The molecule has 3 rings (SSSR count). The van der Waals surface area contributed by atoms with Gasteiger partial charge in [0.05, 0.1) is 28.0 Å². The van der Waals surface area contributed by atoms with E-state index < -0.39 is 5.82 Å². The van der Waals surface area contributed by atoms with Crippen molar-refractivity contribution in [1.82, 2.24) is 4.98 Å². The quantitative estimate of drug-likeness (QED) is 0.874. The topological polar surface area (TPSA) is 63.6 Å². The summed E-state index contributed by atoms with van der Waals surface area (Å²) in [6.45, 7) is 0.133. The SMILES string of the molecule is NC1=Nc2ccc(Cl)c(Cl)c2C(c2ncccc2F)=NC1. The maximum Gasteiger partial charge on any atom is 0.151 e. The van der Waals surface area contributed by atoms with Crippen LogP contribution in [-0.4, -0.2) is 23.1 Å². The summed E-state index contributed by atoms with van der Waals surface area (Å²) in [5.41, 5.74) is 7.07. The highest BCUT2D eigenvalue weighted by Gasteiger charge is 2.23. The van der Waals surface area contributed by atoms with Gasteiger partial charge in [-0.05, 0) is 24.3 Å². The number of aromatic nitrogens is 1. The fourth-order valence-electron chi connectivity index (χ4n) is 2.04. The van der Waals surface area contributed by atoms with Gasteiger partial charge in [0.1, 0.15) is 11.5 Å². The van der Waals surface area contributed by atoms with Crippen molar-refractivity contribution in [3.05, 3.63) is 57.6 Å². The third kappa shape index (κ3) is 2.50. The van der Waals surface area contributed by atoms with Gasteiger partial charge in [-0.15, -0.1) is 0 Å². The number of nitrogens with zero attached hydrogens (tertiary/aromatic N) is 3. The van der Waals surface area contributed by atoms with E-state index in [4.69, 9.17) is 28.9 Å². The summed E-state index contributed by atoms with van der Waals surface area (Å²) in [6.07, 6.45) is 1.48. The van der Waals surface area contributed by atoms with Crippen LogP contribution < -0.4 is 5.73 Å². The highest BCUT2D eigenvalue weighted by molar-refractivity contribution is 6.45. The Hall–Kier alpha value is -1.98. The smallest absolute Gasteiger partial charge is 0.151 e. The lowest BCUT2D eigenvalue weighted by Crippen LogP contribution is -2.15. The van der Waals surface area contributed by atoms with Crippen LogP contribution in [0.1, 0.15) is 11.3 Å². The number of fused-ring (bicyclic) bond motifs is 1. The summed E-state index contributed by atoms with van der Waals surface area (Å²) in [4.78, 5) is 12.6. The molecule has 0 spiro atoms. The van der Waals surface area contributed by atoms with Crippen LogP contribution in [0.2, 0.25) is 10.0 Å². The molecule has 1 aromatic carbocycles. The van der Waals surface area contributed by atoms with Gasteiger partial charge in [0.15, 0.2) is 5.82 Å². The first-order valence-corrected chi connectivity index (χ1v) is 6.80. The molecule has 0 saturated heterocycles. The number of amidine groups is 1. The highest BCUT2D eigenvalue weighted by Crippen LogP contribution is 2.36. The van der Waals surface area contributed by atoms with Crippen LogP contribution in [-0.2, 0) is 0 Å². The maximum atomic E-state index is 14.0. The van der Waals surface area contributed by atoms with E-state index >= 15 is 0 Å². The van der Waals surface area contributed by atoms with Crippen LogP contribution in [0.3, 0.4) is 0 Å². The first-order valence-electron chi connectivity index (χ1n) is 6.04. The second-order valence-electron chi connectivity index (χ2n) is 4.36. The zero-order chi connectivity index (χ0) is 15.0. The Morgan fingerprint density at radius 3 is 2.76 bits per heavy atom. The summed E-state index contributed by atoms with van der Waals surface area (Å²) < 4.78 is 14.0. The van der Waals surface area contributed by atoms with Gasteiger partial charge in [0, 0.05) is 11.8 Å². The number of pyridine rings is 1. The Morgan fingerprint density at radius 1 is 1.19 bits per heavy atom. The Labute approximate surface area is 130 Å². The molecule has 0 amide bonds. The third-order valence-corrected chi connectivity index (χ3v) is 3.76. The summed E-state index contributed by atoms with van der Waals surface area (Å²) in [6, 6.07) is 6.08. The van der Waals surface area contributed by atoms with Crippen LogP contribution in [0.15, 0.2) is 40.4 Å². The van der Waals surface area contributed by atoms with E-state index in [2.05, 4.69) is 15.0 Å². The fourth-order valence-corrected chi connectivity index (χ4v) is 2.45. The number of halogens is 3. The molecular weight excluding hydrogens is 314 g/mol. The Balaban J connectivity index is 2.31. The molecule has 2 aromatic rings. The summed E-state index contributed by atoms with van der Waals surface area (Å²) in [7, 11) is 0. The van der Waals surface area contributed by atoms with Gasteiger partial charge in [0.25, 0.3) is 0 Å². The molecule has 0 fully saturated rings. The van der Waals surface area contributed by atoms with Crippen LogP contribution in [0.5, 0.6) is 0 Å². The minimum atomic E-state index is -0.501. The number of benzene rings is 1. The summed E-state index contributed by atoms with van der Waals surface area (Å²) in [5, 5.41) is 0.576. The van der Waals surface area contributed by atoms with Crippen molar-refractivity contribution in [1.29, 1.82) is 0 Å². The molecule has 0 bridgehead atoms. The minimum absolute atomic E-state index is 0.0906. The maximum absolute atomic E-state index is 14.0. The number of hydrogen-bond donors (Lipinski definition) is 1. The van der Waals surface area contributed by atoms with Crippen molar-refractivity contribution in [2.75, 3.05) is 6.54 Å². The standard InChI is InChI=1S/C14H9Cl2FN4/c15-7-3-4-9-11(12(7)16)14(20-6-10(18)21-9)13-8(17)2-1-5-19-13/h1-5H,6H2,(H2,18,21). The molecule has 0 radical (unpaired) electrons. The van der Waals surface area contributed by atoms with Gasteiger partial charge >= 0.3 is 0 Å². The van der Waals surface area contributed by atoms with Gasteiger partial charge in [-0.3, -0.25) is 9.98 Å². The second-order valence-corrected chi connectivity index (χ2v) is 5.14. The van der Waals surface area contributed by atoms with E-state index in [9.17, 15) is 4.39 Å². The lowest BCUT2D eigenvalue weighted by molar-refractivity contribution is 0.618. The number of rotatable bonds is 1. The van der Waals surface area contributed by atoms with Crippen LogP contribution >= 0.6 is 23.2 Å². The highest BCUT2D eigenvalue weighted by atomic mass is 35.5. The number of aliphatic imine (C=N–C) groups is 2. The molecular formula is C14H9Cl2FN4. The number of nitrogens with two attached hydrogens (primary N) is 1. The van der Waals surface area contributed by atoms with Crippen molar-refractivity contribution in [3.63, 3.8) is 0 Å². The van der Waals surface area contributed by atoms with E-state index in [1.54, 1.807) is 12.1 Å².